The maximum atomic E-state index is 11.2. The molecular weight excluding hydrogens is 263 g/mol. The fraction of sp³-hybridized carbons (Fsp3) is 0.250. The van der Waals surface area contributed by atoms with Gasteiger partial charge in [-0.05, 0) is 24.8 Å². The number of rotatable bonds is 2. The Balaban J connectivity index is 2.38. The zero-order chi connectivity index (χ0) is 12.2. The molecule has 3 nitrogen and oxygen atoms in total. The van der Waals surface area contributed by atoms with Crippen molar-refractivity contribution >= 4 is 40.1 Å². The molecule has 1 aliphatic rings. The smallest absolute Gasteiger partial charge is 0.372 e. The van der Waals surface area contributed by atoms with Gasteiger partial charge in [-0.15, -0.1) is 0 Å². The monoisotopic (exact) mass is 270 g/mol. The van der Waals surface area contributed by atoms with Gasteiger partial charge < -0.3 is 9.52 Å². The van der Waals surface area contributed by atoms with Crippen molar-refractivity contribution in [2.75, 3.05) is 0 Å². The summed E-state index contributed by atoms with van der Waals surface area (Å²) in [4.78, 5) is 11.2. The highest BCUT2D eigenvalue weighted by atomic mass is 35.5. The molecule has 0 aliphatic heterocycles. The van der Waals surface area contributed by atoms with Crippen LogP contribution in [0.5, 0.6) is 0 Å². The number of carbonyl (C=O) groups is 1. The molecule has 1 fully saturated rings. The predicted molar refractivity (Wildman–Crippen MR) is 65.2 cm³/mol. The Morgan fingerprint density at radius 1 is 1.35 bits per heavy atom. The molecule has 1 aliphatic carbocycles. The molecular formula is C12H8Cl2O3. The van der Waals surface area contributed by atoms with Crippen molar-refractivity contribution in [2.45, 2.75) is 18.8 Å². The number of benzene rings is 1. The lowest BCUT2D eigenvalue weighted by Crippen LogP contribution is -1.97. The third kappa shape index (κ3) is 1.70. The average molecular weight is 271 g/mol. The Bertz CT molecular complexity index is 626. The van der Waals surface area contributed by atoms with E-state index < -0.39 is 5.97 Å². The van der Waals surface area contributed by atoms with Crippen molar-refractivity contribution in [3.63, 3.8) is 0 Å². The molecule has 0 unspecified atom stereocenters. The van der Waals surface area contributed by atoms with Crippen molar-refractivity contribution in [2.24, 2.45) is 0 Å². The number of fused-ring (bicyclic) bond motifs is 1. The number of hydrogen-bond donors (Lipinski definition) is 1. The lowest BCUT2D eigenvalue weighted by molar-refractivity contribution is 0.0663. The van der Waals surface area contributed by atoms with Gasteiger partial charge in [-0.25, -0.2) is 4.79 Å². The van der Waals surface area contributed by atoms with Crippen LogP contribution in [-0.4, -0.2) is 11.1 Å². The van der Waals surface area contributed by atoms with Crippen LogP contribution in [0.15, 0.2) is 16.5 Å². The molecule has 1 heterocycles. The molecule has 3 rings (SSSR count). The molecule has 1 aromatic heterocycles. The Labute approximate surface area is 107 Å². The minimum atomic E-state index is -1.06. The first-order valence-corrected chi connectivity index (χ1v) is 5.98. The molecule has 0 radical (unpaired) electrons. The van der Waals surface area contributed by atoms with Crippen LogP contribution in [0.3, 0.4) is 0 Å². The summed E-state index contributed by atoms with van der Waals surface area (Å²) in [6, 6.07) is 3.21. The Morgan fingerprint density at radius 2 is 2.06 bits per heavy atom. The SMILES string of the molecule is O=C(O)c1oc2cc(Cl)cc(Cl)c2c1C1CC1. The lowest BCUT2D eigenvalue weighted by Gasteiger charge is -1.98. The van der Waals surface area contributed by atoms with E-state index in [1.807, 2.05) is 0 Å². The molecule has 1 aromatic carbocycles. The number of furan rings is 1. The van der Waals surface area contributed by atoms with E-state index in [-0.39, 0.29) is 11.7 Å². The van der Waals surface area contributed by atoms with Crippen LogP contribution in [0.1, 0.15) is 34.9 Å². The highest BCUT2D eigenvalue weighted by Crippen LogP contribution is 2.48. The van der Waals surface area contributed by atoms with Crippen molar-refractivity contribution in [3.8, 4) is 0 Å². The molecule has 5 heteroatoms. The summed E-state index contributed by atoms with van der Waals surface area (Å²) in [5.74, 6) is -0.817. The molecule has 1 saturated carbocycles. The Kier molecular flexibility index (Phi) is 2.35. The minimum absolute atomic E-state index is 0.00772. The van der Waals surface area contributed by atoms with Gasteiger partial charge in [0, 0.05) is 22.0 Å². The zero-order valence-electron chi connectivity index (χ0n) is 8.67. The number of carboxylic acid groups (broad SMARTS) is 1. The molecule has 0 saturated heterocycles. The van der Waals surface area contributed by atoms with Crippen LogP contribution >= 0.6 is 23.2 Å². The van der Waals surface area contributed by atoms with E-state index >= 15 is 0 Å². The summed E-state index contributed by atoms with van der Waals surface area (Å²) in [5.41, 5.74) is 1.16. The van der Waals surface area contributed by atoms with Gasteiger partial charge in [0.25, 0.3) is 0 Å². The van der Waals surface area contributed by atoms with E-state index in [9.17, 15) is 4.79 Å². The van der Waals surface area contributed by atoms with Gasteiger partial charge in [0.05, 0.1) is 5.02 Å². The summed E-state index contributed by atoms with van der Waals surface area (Å²) in [7, 11) is 0. The molecule has 0 spiro atoms. The van der Waals surface area contributed by atoms with Gasteiger partial charge in [0.15, 0.2) is 0 Å². The van der Waals surface area contributed by atoms with Crippen LogP contribution in [0, 0.1) is 0 Å². The van der Waals surface area contributed by atoms with Gasteiger partial charge in [0.2, 0.25) is 5.76 Å². The second-order valence-corrected chi connectivity index (χ2v) is 5.03. The molecule has 1 N–H and O–H groups in total. The van der Waals surface area contributed by atoms with E-state index in [0.717, 1.165) is 12.8 Å². The largest absolute Gasteiger partial charge is 0.475 e. The molecule has 0 amide bonds. The molecule has 17 heavy (non-hydrogen) atoms. The average Bonchev–Trinajstić information content (AvgIpc) is 2.99. The van der Waals surface area contributed by atoms with E-state index in [0.29, 0.717) is 26.6 Å². The highest BCUT2D eigenvalue weighted by Gasteiger charge is 2.34. The summed E-state index contributed by atoms with van der Waals surface area (Å²) in [5, 5.41) is 10.7. The fourth-order valence-corrected chi connectivity index (χ4v) is 2.67. The normalized spacial score (nSPS) is 15.4. The molecule has 2 aromatic rings. The second kappa shape index (κ2) is 3.65. The summed E-state index contributed by atoms with van der Waals surface area (Å²) in [6.45, 7) is 0. The first kappa shape index (κ1) is 10.9. The predicted octanol–water partition coefficient (Wildman–Crippen LogP) is 4.32. The van der Waals surface area contributed by atoms with Crippen molar-refractivity contribution in [1.29, 1.82) is 0 Å². The number of halogens is 2. The third-order valence-corrected chi connectivity index (χ3v) is 3.44. The first-order chi connectivity index (χ1) is 8.08. The van der Waals surface area contributed by atoms with Crippen LogP contribution in [0.4, 0.5) is 0 Å². The molecule has 88 valence electrons. The molecule has 0 atom stereocenters. The van der Waals surface area contributed by atoms with Crippen molar-refractivity contribution in [1.82, 2.24) is 0 Å². The van der Waals surface area contributed by atoms with Crippen LogP contribution in [0.25, 0.3) is 11.0 Å². The Morgan fingerprint density at radius 3 is 2.65 bits per heavy atom. The van der Waals surface area contributed by atoms with Gasteiger partial charge >= 0.3 is 5.97 Å². The minimum Gasteiger partial charge on any atom is -0.475 e. The van der Waals surface area contributed by atoms with E-state index in [1.165, 1.54) is 0 Å². The van der Waals surface area contributed by atoms with Crippen molar-refractivity contribution < 1.29 is 14.3 Å². The van der Waals surface area contributed by atoms with Crippen LogP contribution in [-0.2, 0) is 0 Å². The van der Waals surface area contributed by atoms with E-state index in [1.54, 1.807) is 12.1 Å². The van der Waals surface area contributed by atoms with Crippen LogP contribution < -0.4 is 0 Å². The number of hydrogen-bond acceptors (Lipinski definition) is 2. The van der Waals surface area contributed by atoms with Crippen LogP contribution in [0.2, 0.25) is 10.0 Å². The number of carboxylic acids is 1. The highest BCUT2D eigenvalue weighted by molar-refractivity contribution is 6.38. The zero-order valence-corrected chi connectivity index (χ0v) is 10.2. The summed E-state index contributed by atoms with van der Waals surface area (Å²) in [6.07, 6.45) is 1.96. The van der Waals surface area contributed by atoms with Gasteiger partial charge in [-0.3, -0.25) is 0 Å². The summed E-state index contributed by atoms with van der Waals surface area (Å²) >= 11 is 12.0. The van der Waals surface area contributed by atoms with E-state index in [4.69, 9.17) is 32.7 Å². The second-order valence-electron chi connectivity index (χ2n) is 4.19. The van der Waals surface area contributed by atoms with Gasteiger partial charge in [-0.2, -0.15) is 0 Å². The maximum Gasteiger partial charge on any atom is 0.372 e. The Hall–Kier alpha value is -1.19. The first-order valence-electron chi connectivity index (χ1n) is 5.22. The molecule has 0 bridgehead atoms. The van der Waals surface area contributed by atoms with Gasteiger partial charge in [0.1, 0.15) is 5.58 Å². The van der Waals surface area contributed by atoms with E-state index in [2.05, 4.69) is 0 Å². The van der Waals surface area contributed by atoms with Gasteiger partial charge in [-0.1, -0.05) is 23.2 Å². The topological polar surface area (TPSA) is 50.4 Å². The third-order valence-electron chi connectivity index (χ3n) is 2.92. The number of aromatic carboxylic acids is 1. The van der Waals surface area contributed by atoms with Crippen molar-refractivity contribution in [3.05, 3.63) is 33.5 Å². The maximum absolute atomic E-state index is 11.2. The quantitative estimate of drug-likeness (QED) is 0.885. The summed E-state index contributed by atoms with van der Waals surface area (Å²) < 4.78 is 5.36. The standard InChI is InChI=1S/C12H8Cl2O3/c13-6-3-7(14)10-8(4-6)17-11(12(15)16)9(10)5-1-2-5/h3-5H,1-2H2,(H,15,16). The lowest BCUT2D eigenvalue weighted by atomic mass is 10.1. The fourth-order valence-electron chi connectivity index (χ4n) is 2.09.